The minimum atomic E-state index is -4.51. The lowest BCUT2D eigenvalue weighted by Crippen LogP contribution is -2.40. The van der Waals surface area contributed by atoms with Crippen molar-refractivity contribution < 1.29 is 22.8 Å². The van der Waals surface area contributed by atoms with Gasteiger partial charge in [-0.1, -0.05) is 12.1 Å². The van der Waals surface area contributed by atoms with Gasteiger partial charge in [0.05, 0.1) is 24.1 Å². The Morgan fingerprint density at radius 1 is 1.06 bits per heavy atom. The molecule has 3 aromatic rings. The third-order valence-electron chi connectivity index (χ3n) is 5.24. The van der Waals surface area contributed by atoms with E-state index in [0.717, 1.165) is 23.4 Å². The van der Waals surface area contributed by atoms with E-state index in [1.165, 1.54) is 18.2 Å². The van der Waals surface area contributed by atoms with E-state index in [1.54, 1.807) is 36.5 Å². The molecule has 0 atom stereocenters. The summed E-state index contributed by atoms with van der Waals surface area (Å²) in [4.78, 5) is 31.1. The Bertz CT molecular complexity index is 1170. The van der Waals surface area contributed by atoms with Crippen LogP contribution < -0.4 is 10.6 Å². The van der Waals surface area contributed by atoms with Crippen LogP contribution in [-0.4, -0.2) is 32.9 Å². The minimum Gasteiger partial charge on any atom is -0.331 e. The molecule has 4 rings (SSSR count). The second-order valence-electron chi connectivity index (χ2n) is 7.49. The molecule has 0 saturated carbocycles. The number of benzene rings is 2. The number of alkyl halides is 3. The number of nitrogens with zero attached hydrogens (tertiary/aromatic N) is 3. The second kappa shape index (κ2) is 8.37. The van der Waals surface area contributed by atoms with Crippen LogP contribution in [0.4, 0.5) is 29.3 Å². The van der Waals surface area contributed by atoms with Crippen molar-refractivity contribution >= 4 is 23.3 Å². The molecule has 1 aliphatic heterocycles. The number of aromatic nitrogens is 2. The summed E-state index contributed by atoms with van der Waals surface area (Å²) in [6, 6.07) is 8.82. The molecule has 166 valence electrons. The zero-order valence-corrected chi connectivity index (χ0v) is 17.1. The van der Waals surface area contributed by atoms with Crippen molar-refractivity contribution in [3.05, 3.63) is 77.4 Å². The van der Waals surface area contributed by atoms with Gasteiger partial charge in [0.25, 0.3) is 5.91 Å². The molecule has 1 aromatic heterocycles. The molecule has 1 aliphatic rings. The summed E-state index contributed by atoms with van der Waals surface area (Å²) in [6.07, 6.45) is -1.07. The number of rotatable bonds is 3. The number of aryl methyl sites for hydroxylation is 1. The van der Waals surface area contributed by atoms with E-state index in [9.17, 15) is 22.8 Å². The van der Waals surface area contributed by atoms with Gasteiger partial charge in [-0.05, 0) is 42.8 Å². The topological polar surface area (TPSA) is 79.3 Å². The van der Waals surface area contributed by atoms with Crippen LogP contribution in [0, 0.1) is 6.92 Å². The molecule has 7 nitrogen and oxygen atoms in total. The van der Waals surface area contributed by atoms with Gasteiger partial charge >= 0.3 is 12.2 Å². The highest BCUT2D eigenvalue weighted by Crippen LogP contribution is 2.31. The third kappa shape index (κ3) is 4.58. The van der Waals surface area contributed by atoms with Crippen LogP contribution in [0.5, 0.6) is 0 Å². The molecule has 10 heteroatoms. The lowest BCUT2D eigenvalue weighted by molar-refractivity contribution is -0.137. The Labute approximate surface area is 181 Å². The van der Waals surface area contributed by atoms with Crippen LogP contribution in [0.3, 0.4) is 0 Å². The summed E-state index contributed by atoms with van der Waals surface area (Å²) in [5.74, 6) is -0.582. The molecule has 0 bridgehead atoms. The van der Waals surface area contributed by atoms with Crippen LogP contribution in [0.1, 0.15) is 27.2 Å². The van der Waals surface area contributed by atoms with E-state index in [1.807, 2.05) is 4.57 Å². The third-order valence-corrected chi connectivity index (χ3v) is 5.24. The molecular weight excluding hydrogens is 423 g/mol. The first-order chi connectivity index (χ1) is 15.2. The molecule has 0 radical (unpaired) electrons. The van der Waals surface area contributed by atoms with Crippen LogP contribution in [0.2, 0.25) is 0 Å². The number of carbonyl (C=O) groups is 2. The first kappa shape index (κ1) is 21.4. The Balaban J connectivity index is 1.47. The number of urea groups is 1. The number of nitrogens with one attached hydrogen (secondary N) is 2. The fraction of sp³-hybridized carbons (Fsp3) is 0.227. The largest absolute Gasteiger partial charge is 0.416 e. The molecule has 2 heterocycles. The predicted molar refractivity (Wildman–Crippen MR) is 112 cm³/mol. The Morgan fingerprint density at radius 3 is 2.66 bits per heavy atom. The lowest BCUT2D eigenvalue weighted by atomic mass is 10.1. The molecule has 0 spiro atoms. The van der Waals surface area contributed by atoms with Crippen molar-refractivity contribution in [2.75, 3.05) is 17.2 Å². The number of fused-ring (bicyclic) bond motifs is 1. The first-order valence-electron chi connectivity index (χ1n) is 9.85. The van der Waals surface area contributed by atoms with Crippen molar-refractivity contribution in [1.82, 2.24) is 14.5 Å². The Morgan fingerprint density at radius 2 is 1.88 bits per heavy atom. The average molecular weight is 443 g/mol. The van der Waals surface area contributed by atoms with E-state index in [-0.39, 0.29) is 17.3 Å². The highest BCUT2D eigenvalue weighted by atomic mass is 19.4. The molecule has 0 fully saturated rings. The zero-order valence-electron chi connectivity index (χ0n) is 17.1. The molecule has 3 amide bonds. The van der Waals surface area contributed by atoms with Gasteiger partial charge in [0.2, 0.25) is 0 Å². The maximum absolute atomic E-state index is 12.9. The number of halogens is 3. The van der Waals surface area contributed by atoms with Crippen molar-refractivity contribution in [1.29, 1.82) is 0 Å². The maximum atomic E-state index is 12.9. The van der Waals surface area contributed by atoms with E-state index >= 15 is 0 Å². The van der Waals surface area contributed by atoms with Crippen molar-refractivity contribution in [2.24, 2.45) is 0 Å². The molecule has 2 N–H and O–H groups in total. The molecule has 0 saturated heterocycles. The van der Waals surface area contributed by atoms with Gasteiger partial charge in [0, 0.05) is 36.2 Å². The minimum absolute atomic E-state index is 0.0286. The Hall–Kier alpha value is -3.82. The lowest BCUT2D eigenvalue weighted by Gasteiger charge is -2.28. The van der Waals surface area contributed by atoms with Crippen molar-refractivity contribution in [3.8, 4) is 0 Å². The molecule has 0 aliphatic carbocycles. The summed E-state index contributed by atoms with van der Waals surface area (Å²) in [5.41, 5.74) is 1.51. The number of hydrogen-bond donors (Lipinski definition) is 2. The zero-order chi connectivity index (χ0) is 22.9. The standard InChI is InChI=1S/C22H20F3N5O2/c1-14-5-6-15(20(31)27-17-4-2-3-16(10-17)22(23,24)25)9-19(14)28-21(32)29-7-8-30-13-26-11-18(30)12-29/h2-6,9-11,13H,7-8,12H2,1H3,(H,27,31)(H,28,32). The van der Waals surface area contributed by atoms with Crippen LogP contribution >= 0.6 is 0 Å². The smallest absolute Gasteiger partial charge is 0.331 e. The molecule has 0 unspecified atom stereocenters. The highest BCUT2D eigenvalue weighted by Gasteiger charge is 2.30. The number of hydrogen-bond acceptors (Lipinski definition) is 3. The first-order valence-corrected chi connectivity index (χ1v) is 9.85. The van der Waals surface area contributed by atoms with Gasteiger partial charge in [0.1, 0.15) is 0 Å². The van der Waals surface area contributed by atoms with E-state index in [4.69, 9.17) is 0 Å². The molecule has 2 aromatic carbocycles. The number of amides is 3. The SMILES string of the molecule is Cc1ccc(C(=O)Nc2cccc(C(F)(F)F)c2)cc1NC(=O)N1CCn2cncc2C1. The summed E-state index contributed by atoms with van der Waals surface area (Å²) < 4.78 is 40.7. The van der Waals surface area contributed by atoms with Crippen molar-refractivity contribution in [3.63, 3.8) is 0 Å². The van der Waals surface area contributed by atoms with E-state index in [2.05, 4.69) is 15.6 Å². The Kier molecular flexibility index (Phi) is 5.60. The summed E-state index contributed by atoms with van der Waals surface area (Å²) >= 11 is 0. The van der Waals surface area contributed by atoms with Gasteiger partial charge in [-0.15, -0.1) is 0 Å². The van der Waals surface area contributed by atoms with Crippen LogP contribution in [-0.2, 0) is 19.3 Å². The van der Waals surface area contributed by atoms with Gasteiger partial charge < -0.3 is 20.1 Å². The normalized spacial score (nSPS) is 13.4. The monoisotopic (exact) mass is 443 g/mol. The second-order valence-corrected chi connectivity index (χ2v) is 7.49. The van der Waals surface area contributed by atoms with Crippen molar-refractivity contribution in [2.45, 2.75) is 26.2 Å². The van der Waals surface area contributed by atoms with Gasteiger partial charge in [-0.2, -0.15) is 13.2 Å². The number of imidazole rings is 1. The maximum Gasteiger partial charge on any atom is 0.416 e. The van der Waals surface area contributed by atoms with Gasteiger partial charge in [-0.25, -0.2) is 9.78 Å². The fourth-order valence-corrected chi connectivity index (χ4v) is 3.43. The fourth-order valence-electron chi connectivity index (χ4n) is 3.43. The van der Waals surface area contributed by atoms with Crippen LogP contribution in [0.15, 0.2) is 55.0 Å². The van der Waals surface area contributed by atoms with Crippen LogP contribution in [0.25, 0.3) is 0 Å². The van der Waals surface area contributed by atoms with Gasteiger partial charge in [0.15, 0.2) is 0 Å². The number of anilines is 2. The predicted octanol–water partition coefficient (Wildman–Crippen LogP) is 4.51. The highest BCUT2D eigenvalue weighted by molar-refractivity contribution is 6.05. The molecule has 32 heavy (non-hydrogen) atoms. The summed E-state index contributed by atoms with van der Waals surface area (Å²) in [5, 5.41) is 5.29. The number of carbonyl (C=O) groups excluding carboxylic acids is 2. The average Bonchev–Trinajstić information content (AvgIpc) is 3.22. The molecular formula is C22H20F3N5O2. The van der Waals surface area contributed by atoms with E-state index in [0.29, 0.717) is 25.3 Å². The van der Waals surface area contributed by atoms with Gasteiger partial charge in [-0.3, -0.25) is 4.79 Å². The van der Waals surface area contributed by atoms with E-state index < -0.39 is 17.6 Å². The summed E-state index contributed by atoms with van der Waals surface area (Å²) in [7, 11) is 0. The summed E-state index contributed by atoms with van der Waals surface area (Å²) in [6.45, 7) is 3.36. The quantitative estimate of drug-likeness (QED) is 0.625.